The molecule has 0 aliphatic rings. The molecule has 0 saturated heterocycles. The maximum atomic E-state index is 5.90. The van der Waals surface area contributed by atoms with Crippen LogP contribution in [0.2, 0.25) is 0 Å². The number of halogens is 1. The third kappa shape index (κ3) is 7.11. The summed E-state index contributed by atoms with van der Waals surface area (Å²) in [5.74, 6) is 2.35. The number of methoxy groups -OCH3 is 1. The Morgan fingerprint density at radius 3 is 2.64 bits per heavy atom. The topological polar surface area (TPSA) is 54.9 Å². The van der Waals surface area contributed by atoms with E-state index in [0.29, 0.717) is 6.54 Å². The number of hydrogen-bond acceptors (Lipinski definition) is 4. The minimum atomic E-state index is -0.000806. The molecule has 0 spiro atoms. The van der Waals surface area contributed by atoms with Gasteiger partial charge in [-0.2, -0.15) is 0 Å². The van der Waals surface area contributed by atoms with E-state index in [0.717, 1.165) is 24.0 Å². The molecule has 1 aromatic heterocycles. The van der Waals surface area contributed by atoms with Crippen LogP contribution in [0.1, 0.15) is 17.4 Å². The van der Waals surface area contributed by atoms with Crippen molar-refractivity contribution in [2.75, 3.05) is 20.7 Å². The zero-order valence-electron chi connectivity index (χ0n) is 15.0. The number of guanidine groups is 1. The number of hydrogen-bond donors (Lipinski definition) is 2. The molecular formula is C18H26IN3O2S. The van der Waals surface area contributed by atoms with E-state index in [1.54, 1.807) is 25.5 Å². The summed E-state index contributed by atoms with van der Waals surface area (Å²) in [4.78, 5) is 5.57. The largest absolute Gasteiger partial charge is 0.497 e. The summed E-state index contributed by atoms with van der Waals surface area (Å²) in [5, 5.41) is 8.71. The SMILES string of the molecule is CN=C(NCc1sccc1C)NCC(C)Oc1cccc(OC)c1.I. The van der Waals surface area contributed by atoms with Crippen molar-refractivity contribution in [2.45, 2.75) is 26.5 Å². The van der Waals surface area contributed by atoms with Gasteiger partial charge in [-0.25, -0.2) is 0 Å². The first-order valence-electron chi connectivity index (χ1n) is 7.90. The minimum absolute atomic E-state index is 0. The highest BCUT2D eigenvalue weighted by molar-refractivity contribution is 14.0. The monoisotopic (exact) mass is 475 g/mol. The van der Waals surface area contributed by atoms with Crippen LogP contribution in [0.15, 0.2) is 40.7 Å². The average molecular weight is 475 g/mol. The second-order valence-corrected chi connectivity index (χ2v) is 6.44. The minimum Gasteiger partial charge on any atom is -0.497 e. The summed E-state index contributed by atoms with van der Waals surface area (Å²) < 4.78 is 11.1. The molecule has 0 amide bonds. The van der Waals surface area contributed by atoms with Gasteiger partial charge in [0, 0.05) is 18.0 Å². The van der Waals surface area contributed by atoms with Gasteiger partial charge in [0.25, 0.3) is 0 Å². The summed E-state index contributed by atoms with van der Waals surface area (Å²) >= 11 is 1.75. The average Bonchev–Trinajstić information content (AvgIpc) is 3.00. The molecule has 0 saturated carbocycles. The lowest BCUT2D eigenvalue weighted by Gasteiger charge is -2.18. The van der Waals surface area contributed by atoms with Crippen LogP contribution in [0.5, 0.6) is 11.5 Å². The number of nitrogens with zero attached hydrogens (tertiary/aromatic N) is 1. The fourth-order valence-electron chi connectivity index (χ4n) is 2.16. The summed E-state index contributed by atoms with van der Waals surface area (Å²) in [7, 11) is 3.42. The normalized spacial score (nSPS) is 12.1. The number of aryl methyl sites for hydroxylation is 1. The highest BCUT2D eigenvalue weighted by Gasteiger charge is 2.07. The second-order valence-electron chi connectivity index (χ2n) is 5.44. The van der Waals surface area contributed by atoms with Gasteiger partial charge in [-0.15, -0.1) is 35.3 Å². The van der Waals surface area contributed by atoms with E-state index < -0.39 is 0 Å². The van der Waals surface area contributed by atoms with Crippen LogP contribution in [0, 0.1) is 6.92 Å². The Balaban J connectivity index is 0.00000312. The van der Waals surface area contributed by atoms with Crippen molar-refractivity contribution in [2.24, 2.45) is 4.99 Å². The second kappa shape index (κ2) is 11.2. The molecule has 1 aromatic carbocycles. The fourth-order valence-corrected chi connectivity index (χ4v) is 3.00. The summed E-state index contributed by atoms with van der Waals surface area (Å²) in [6.07, 6.45) is -0.000806. The Kier molecular flexibility index (Phi) is 9.66. The molecule has 0 fully saturated rings. The molecule has 2 aromatic rings. The van der Waals surface area contributed by atoms with Gasteiger partial charge >= 0.3 is 0 Å². The number of benzene rings is 1. The maximum absolute atomic E-state index is 5.90. The van der Waals surface area contributed by atoms with Crippen LogP contribution in [0.3, 0.4) is 0 Å². The summed E-state index contributed by atoms with van der Waals surface area (Å²) in [6, 6.07) is 9.74. The van der Waals surface area contributed by atoms with E-state index in [1.165, 1.54) is 10.4 Å². The van der Waals surface area contributed by atoms with Gasteiger partial charge in [-0.3, -0.25) is 4.99 Å². The van der Waals surface area contributed by atoms with E-state index in [1.807, 2.05) is 31.2 Å². The van der Waals surface area contributed by atoms with Crippen LogP contribution in [0.4, 0.5) is 0 Å². The molecule has 1 unspecified atom stereocenters. The van der Waals surface area contributed by atoms with Gasteiger partial charge in [0.1, 0.15) is 17.6 Å². The summed E-state index contributed by atoms with van der Waals surface area (Å²) in [5.41, 5.74) is 1.30. The molecule has 25 heavy (non-hydrogen) atoms. The van der Waals surface area contributed by atoms with Gasteiger partial charge in [-0.1, -0.05) is 6.07 Å². The van der Waals surface area contributed by atoms with E-state index in [9.17, 15) is 0 Å². The van der Waals surface area contributed by atoms with Crippen molar-refractivity contribution < 1.29 is 9.47 Å². The molecule has 5 nitrogen and oxygen atoms in total. The molecule has 2 N–H and O–H groups in total. The van der Waals surface area contributed by atoms with Crippen molar-refractivity contribution in [1.29, 1.82) is 0 Å². The van der Waals surface area contributed by atoms with Gasteiger partial charge < -0.3 is 20.1 Å². The van der Waals surface area contributed by atoms with Gasteiger partial charge in [0.2, 0.25) is 0 Å². The van der Waals surface area contributed by atoms with Crippen LogP contribution < -0.4 is 20.1 Å². The van der Waals surface area contributed by atoms with Crippen LogP contribution in [0.25, 0.3) is 0 Å². The number of thiophene rings is 1. The quantitative estimate of drug-likeness (QED) is 0.363. The molecule has 7 heteroatoms. The molecule has 2 rings (SSSR count). The third-order valence-corrected chi connectivity index (χ3v) is 4.57. The maximum Gasteiger partial charge on any atom is 0.191 e. The van der Waals surface area contributed by atoms with Crippen LogP contribution >= 0.6 is 35.3 Å². The molecule has 0 radical (unpaired) electrons. The van der Waals surface area contributed by atoms with Gasteiger partial charge in [0.15, 0.2) is 5.96 Å². The Morgan fingerprint density at radius 2 is 2.00 bits per heavy atom. The standard InChI is InChI=1S/C18H25N3O2S.HI/c1-13-8-9-24-17(13)12-21-18(19-3)20-11-14(2)23-16-7-5-6-15(10-16)22-4;/h5-10,14H,11-12H2,1-4H3,(H2,19,20,21);1H. The lowest BCUT2D eigenvalue weighted by molar-refractivity contribution is 0.223. The molecule has 0 aliphatic heterocycles. The highest BCUT2D eigenvalue weighted by atomic mass is 127. The predicted octanol–water partition coefficient (Wildman–Crippen LogP) is 3.82. The van der Waals surface area contributed by atoms with E-state index in [-0.39, 0.29) is 30.1 Å². The van der Waals surface area contributed by atoms with Crippen molar-refractivity contribution in [1.82, 2.24) is 10.6 Å². The number of ether oxygens (including phenoxy) is 2. The lowest BCUT2D eigenvalue weighted by atomic mass is 10.3. The smallest absolute Gasteiger partial charge is 0.191 e. The van der Waals surface area contributed by atoms with Crippen LogP contribution in [-0.2, 0) is 6.54 Å². The van der Waals surface area contributed by atoms with Crippen LogP contribution in [-0.4, -0.2) is 32.8 Å². The molecule has 138 valence electrons. The number of rotatable bonds is 7. The molecule has 0 aliphatic carbocycles. The first-order chi connectivity index (χ1) is 11.6. The van der Waals surface area contributed by atoms with Crippen molar-refractivity contribution in [3.05, 3.63) is 46.2 Å². The zero-order valence-corrected chi connectivity index (χ0v) is 18.2. The van der Waals surface area contributed by atoms with Crippen molar-refractivity contribution in [3.63, 3.8) is 0 Å². The van der Waals surface area contributed by atoms with E-state index >= 15 is 0 Å². The Bertz CT molecular complexity index is 676. The lowest BCUT2D eigenvalue weighted by Crippen LogP contribution is -2.41. The first kappa shape index (κ1) is 21.6. The zero-order chi connectivity index (χ0) is 17.4. The molecular weight excluding hydrogens is 449 g/mol. The van der Waals surface area contributed by atoms with E-state index in [2.05, 4.69) is 34.0 Å². The Labute approximate surface area is 170 Å². The Hall–Kier alpha value is -1.48. The highest BCUT2D eigenvalue weighted by Crippen LogP contribution is 2.19. The van der Waals surface area contributed by atoms with Gasteiger partial charge in [0.05, 0.1) is 20.2 Å². The van der Waals surface area contributed by atoms with E-state index in [4.69, 9.17) is 9.47 Å². The summed E-state index contributed by atoms with van der Waals surface area (Å²) in [6.45, 7) is 5.56. The van der Waals surface area contributed by atoms with Gasteiger partial charge in [-0.05, 0) is 43.0 Å². The Morgan fingerprint density at radius 1 is 1.24 bits per heavy atom. The van der Waals surface area contributed by atoms with Crippen molar-refractivity contribution in [3.8, 4) is 11.5 Å². The molecule has 1 atom stereocenters. The number of nitrogens with one attached hydrogen (secondary N) is 2. The van der Waals surface area contributed by atoms with Crippen molar-refractivity contribution >= 4 is 41.3 Å². The fraction of sp³-hybridized carbons (Fsp3) is 0.389. The molecule has 1 heterocycles. The number of aliphatic imine (C=N–C) groups is 1. The molecule has 0 bridgehead atoms. The predicted molar refractivity (Wildman–Crippen MR) is 116 cm³/mol. The first-order valence-corrected chi connectivity index (χ1v) is 8.78. The third-order valence-electron chi connectivity index (χ3n) is 3.54.